The fourth-order valence-corrected chi connectivity index (χ4v) is 2.90. The van der Waals surface area contributed by atoms with Gasteiger partial charge in [0.25, 0.3) is 11.4 Å². The lowest BCUT2D eigenvalue weighted by molar-refractivity contribution is -0.393. The lowest BCUT2D eigenvalue weighted by atomic mass is 9.86. The summed E-state index contributed by atoms with van der Waals surface area (Å²) in [6.07, 6.45) is 4.20. The van der Waals surface area contributed by atoms with Gasteiger partial charge in [0.15, 0.2) is 0 Å². The first-order valence-corrected chi connectivity index (χ1v) is 7.05. The largest absolute Gasteiger partial charge is 0.366 e. The van der Waals surface area contributed by atoms with E-state index in [4.69, 9.17) is 0 Å². The minimum absolute atomic E-state index is 0.203. The molecule has 0 N–H and O–H groups in total. The third-order valence-electron chi connectivity index (χ3n) is 4.28. The van der Waals surface area contributed by atoms with Crippen LogP contribution >= 0.6 is 0 Å². The molecule has 0 atom stereocenters. The maximum atomic E-state index is 11.2. The van der Waals surface area contributed by atoms with Crippen LogP contribution in [0.4, 0.5) is 17.1 Å². The summed E-state index contributed by atoms with van der Waals surface area (Å²) in [6.45, 7) is 2.21. The third-order valence-corrected chi connectivity index (χ3v) is 4.28. The number of nitro groups is 2. The quantitative estimate of drug-likeness (QED) is 0.625. The lowest BCUT2D eigenvalue weighted by Gasteiger charge is -2.34. The molecule has 2 rings (SSSR count). The van der Waals surface area contributed by atoms with E-state index >= 15 is 0 Å². The van der Waals surface area contributed by atoms with Gasteiger partial charge in [0, 0.05) is 19.2 Å². The van der Waals surface area contributed by atoms with Gasteiger partial charge < -0.3 is 4.90 Å². The van der Waals surface area contributed by atoms with Crippen LogP contribution < -0.4 is 4.90 Å². The summed E-state index contributed by atoms with van der Waals surface area (Å²) >= 11 is 0. The summed E-state index contributed by atoms with van der Waals surface area (Å²) in [4.78, 5) is 22.7. The van der Waals surface area contributed by atoms with Crippen molar-refractivity contribution in [2.75, 3.05) is 11.9 Å². The zero-order valence-corrected chi connectivity index (χ0v) is 12.2. The molecule has 0 radical (unpaired) electrons. The second-order valence-electron chi connectivity index (χ2n) is 5.71. The Morgan fingerprint density at radius 2 is 1.71 bits per heavy atom. The monoisotopic (exact) mass is 293 g/mol. The van der Waals surface area contributed by atoms with Gasteiger partial charge in [-0.3, -0.25) is 20.2 Å². The summed E-state index contributed by atoms with van der Waals surface area (Å²) in [5.74, 6) is 0.696. The molecule has 114 valence electrons. The van der Waals surface area contributed by atoms with E-state index in [1.165, 1.54) is 12.1 Å². The fourth-order valence-electron chi connectivity index (χ4n) is 2.90. The molecule has 7 nitrogen and oxygen atoms in total. The van der Waals surface area contributed by atoms with Crippen molar-refractivity contribution in [3.8, 4) is 0 Å². The van der Waals surface area contributed by atoms with Crippen LogP contribution in [0.3, 0.4) is 0 Å². The molecule has 0 amide bonds. The van der Waals surface area contributed by atoms with Crippen molar-refractivity contribution in [3.63, 3.8) is 0 Å². The second kappa shape index (κ2) is 6.07. The SMILES string of the molecule is CC1CCC(N(C)c2ccc([N+](=O)[O-])cc2[N+](=O)[O-])CC1. The van der Waals surface area contributed by atoms with Gasteiger partial charge in [0.05, 0.1) is 15.9 Å². The first kappa shape index (κ1) is 15.2. The Balaban J connectivity index is 2.29. The van der Waals surface area contributed by atoms with E-state index in [1.807, 2.05) is 11.9 Å². The van der Waals surface area contributed by atoms with Gasteiger partial charge in [0.1, 0.15) is 5.69 Å². The molecule has 7 heteroatoms. The number of non-ortho nitro benzene ring substituents is 1. The van der Waals surface area contributed by atoms with Gasteiger partial charge >= 0.3 is 0 Å². The molecular weight excluding hydrogens is 274 g/mol. The Hall–Kier alpha value is -2.18. The topological polar surface area (TPSA) is 89.5 Å². The zero-order chi connectivity index (χ0) is 15.6. The van der Waals surface area contributed by atoms with Crippen molar-refractivity contribution in [1.29, 1.82) is 0 Å². The standard InChI is InChI=1S/C14H19N3O4/c1-10-3-5-11(6-4-10)15(2)13-8-7-12(16(18)19)9-14(13)17(20)21/h7-11H,3-6H2,1-2H3. The van der Waals surface area contributed by atoms with Crippen LogP contribution in [0.2, 0.25) is 0 Å². The van der Waals surface area contributed by atoms with E-state index in [1.54, 1.807) is 0 Å². The van der Waals surface area contributed by atoms with E-state index in [2.05, 4.69) is 6.92 Å². The van der Waals surface area contributed by atoms with E-state index in [0.717, 1.165) is 31.7 Å². The predicted molar refractivity (Wildman–Crippen MR) is 79.6 cm³/mol. The second-order valence-corrected chi connectivity index (χ2v) is 5.71. The van der Waals surface area contributed by atoms with E-state index in [9.17, 15) is 20.2 Å². The van der Waals surface area contributed by atoms with Crippen LogP contribution in [0.5, 0.6) is 0 Å². The summed E-state index contributed by atoms with van der Waals surface area (Å²) in [5, 5.41) is 22.0. The molecule has 1 aromatic carbocycles. The lowest BCUT2D eigenvalue weighted by Crippen LogP contribution is -2.35. The molecule has 0 aliphatic heterocycles. The maximum Gasteiger partial charge on any atom is 0.299 e. The molecule has 0 saturated heterocycles. The maximum absolute atomic E-state index is 11.2. The first-order chi connectivity index (χ1) is 9.90. The van der Waals surface area contributed by atoms with Crippen LogP contribution in [0.15, 0.2) is 18.2 Å². The number of hydrogen-bond acceptors (Lipinski definition) is 5. The Kier molecular flexibility index (Phi) is 4.40. The molecule has 1 aliphatic carbocycles. The Morgan fingerprint density at radius 1 is 1.10 bits per heavy atom. The molecule has 0 bridgehead atoms. The number of anilines is 1. The molecule has 0 aromatic heterocycles. The highest BCUT2D eigenvalue weighted by molar-refractivity contribution is 5.67. The van der Waals surface area contributed by atoms with Crippen molar-refractivity contribution < 1.29 is 9.85 Å². The smallest absolute Gasteiger partial charge is 0.299 e. The van der Waals surface area contributed by atoms with E-state index in [0.29, 0.717) is 11.6 Å². The van der Waals surface area contributed by atoms with Gasteiger partial charge in [-0.15, -0.1) is 0 Å². The summed E-state index contributed by atoms with van der Waals surface area (Å²) < 4.78 is 0. The van der Waals surface area contributed by atoms with Gasteiger partial charge in [-0.2, -0.15) is 0 Å². The number of nitro benzene ring substituents is 2. The van der Waals surface area contributed by atoms with Crippen LogP contribution in [0, 0.1) is 26.1 Å². The summed E-state index contributed by atoms with van der Waals surface area (Å²) in [5.41, 5.74) is -0.00779. The van der Waals surface area contributed by atoms with Crippen LogP contribution in [-0.4, -0.2) is 22.9 Å². The average molecular weight is 293 g/mol. The number of rotatable bonds is 4. The van der Waals surface area contributed by atoms with Gasteiger partial charge in [-0.1, -0.05) is 6.92 Å². The molecule has 1 fully saturated rings. The van der Waals surface area contributed by atoms with Crippen molar-refractivity contribution in [2.45, 2.75) is 38.6 Å². The van der Waals surface area contributed by atoms with Gasteiger partial charge in [-0.05, 0) is 37.7 Å². The van der Waals surface area contributed by atoms with E-state index < -0.39 is 9.85 Å². The Morgan fingerprint density at radius 3 is 2.24 bits per heavy atom. The molecule has 21 heavy (non-hydrogen) atoms. The molecular formula is C14H19N3O4. The Bertz CT molecular complexity index is 553. The highest BCUT2D eigenvalue weighted by Gasteiger charge is 2.27. The molecule has 1 saturated carbocycles. The summed E-state index contributed by atoms with van der Waals surface area (Å²) in [6, 6.07) is 4.09. The minimum atomic E-state index is -0.612. The van der Waals surface area contributed by atoms with Gasteiger partial charge in [-0.25, -0.2) is 0 Å². The van der Waals surface area contributed by atoms with Crippen molar-refractivity contribution >= 4 is 17.1 Å². The highest BCUT2D eigenvalue weighted by Crippen LogP contribution is 2.35. The zero-order valence-electron chi connectivity index (χ0n) is 12.2. The number of benzene rings is 1. The van der Waals surface area contributed by atoms with Gasteiger partial charge in [0.2, 0.25) is 0 Å². The molecule has 0 heterocycles. The van der Waals surface area contributed by atoms with Crippen LogP contribution in [0.1, 0.15) is 32.6 Å². The molecule has 1 aliphatic rings. The van der Waals surface area contributed by atoms with Crippen molar-refractivity contribution in [1.82, 2.24) is 0 Å². The minimum Gasteiger partial charge on any atom is -0.366 e. The number of hydrogen-bond donors (Lipinski definition) is 0. The van der Waals surface area contributed by atoms with Crippen LogP contribution in [-0.2, 0) is 0 Å². The fraction of sp³-hybridized carbons (Fsp3) is 0.571. The first-order valence-electron chi connectivity index (χ1n) is 7.05. The molecule has 0 unspecified atom stereocenters. The molecule has 0 spiro atoms. The van der Waals surface area contributed by atoms with E-state index in [-0.39, 0.29) is 17.4 Å². The number of nitrogens with zero attached hydrogens (tertiary/aromatic N) is 3. The van der Waals surface area contributed by atoms with Crippen molar-refractivity contribution in [2.24, 2.45) is 5.92 Å². The summed E-state index contributed by atoms with van der Waals surface area (Å²) in [7, 11) is 1.83. The predicted octanol–water partition coefficient (Wildman–Crippen LogP) is 3.52. The Labute approximate surface area is 122 Å². The normalized spacial score (nSPS) is 21.8. The molecule has 1 aromatic rings. The highest BCUT2D eigenvalue weighted by atomic mass is 16.6. The van der Waals surface area contributed by atoms with Crippen LogP contribution in [0.25, 0.3) is 0 Å². The average Bonchev–Trinajstić information content (AvgIpc) is 2.46. The van der Waals surface area contributed by atoms with Crippen molar-refractivity contribution in [3.05, 3.63) is 38.4 Å². The third kappa shape index (κ3) is 3.29.